The van der Waals surface area contributed by atoms with Crippen molar-refractivity contribution in [3.63, 3.8) is 0 Å². The highest BCUT2D eigenvalue weighted by molar-refractivity contribution is 5.98. The SMILES string of the molecule is COc1ccc(C(=O)COC(=O)CCn2nnc(-c3cccc(C)c3)n2)cc1. The van der Waals surface area contributed by atoms with Crippen LogP contribution in [0.5, 0.6) is 5.75 Å². The number of carbonyl (C=O) groups is 2. The Bertz CT molecular complexity index is 966. The number of esters is 1. The third-order valence-electron chi connectivity index (χ3n) is 4.02. The van der Waals surface area contributed by atoms with E-state index in [1.54, 1.807) is 31.4 Å². The summed E-state index contributed by atoms with van der Waals surface area (Å²) in [6.45, 7) is 1.88. The molecule has 0 spiro atoms. The molecule has 8 heteroatoms. The van der Waals surface area contributed by atoms with Crippen LogP contribution in [0, 0.1) is 6.92 Å². The summed E-state index contributed by atoms with van der Waals surface area (Å²) in [6, 6.07) is 14.4. The fourth-order valence-corrected chi connectivity index (χ4v) is 2.51. The quantitative estimate of drug-likeness (QED) is 0.437. The van der Waals surface area contributed by atoms with Crippen molar-refractivity contribution < 1.29 is 19.1 Å². The van der Waals surface area contributed by atoms with Crippen molar-refractivity contribution in [3.05, 3.63) is 59.7 Å². The van der Waals surface area contributed by atoms with Gasteiger partial charge in [-0.2, -0.15) is 4.80 Å². The van der Waals surface area contributed by atoms with E-state index in [-0.39, 0.29) is 25.4 Å². The highest BCUT2D eigenvalue weighted by Crippen LogP contribution is 2.15. The molecule has 0 N–H and O–H groups in total. The van der Waals surface area contributed by atoms with Gasteiger partial charge in [-0.3, -0.25) is 9.59 Å². The Labute approximate surface area is 162 Å². The second-order valence-electron chi connectivity index (χ2n) is 6.14. The number of hydrogen-bond acceptors (Lipinski definition) is 7. The molecule has 144 valence electrons. The third kappa shape index (κ3) is 5.00. The lowest BCUT2D eigenvalue weighted by atomic mass is 10.1. The summed E-state index contributed by atoms with van der Waals surface area (Å²) in [4.78, 5) is 25.3. The Balaban J connectivity index is 1.47. The summed E-state index contributed by atoms with van der Waals surface area (Å²) < 4.78 is 10.1. The lowest BCUT2D eigenvalue weighted by molar-refractivity contribution is -0.142. The zero-order chi connectivity index (χ0) is 19.9. The van der Waals surface area contributed by atoms with E-state index in [1.807, 2.05) is 31.2 Å². The molecule has 1 aromatic heterocycles. The molecule has 28 heavy (non-hydrogen) atoms. The lowest BCUT2D eigenvalue weighted by Gasteiger charge is -2.05. The Morgan fingerprint density at radius 2 is 1.89 bits per heavy atom. The average Bonchev–Trinajstić information content (AvgIpc) is 3.19. The van der Waals surface area contributed by atoms with Gasteiger partial charge in [0, 0.05) is 11.1 Å². The van der Waals surface area contributed by atoms with Crippen molar-refractivity contribution in [1.82, 2.24) is 20.2 Å². The van der Waals surface area contributed by atoms with E-state index >= 15 is 0 Å². The second kappa shape index (κ2) is 8.90. The van der Waals surface area contributed by atoms with Crippen LogP contribution in [0.25, 0.3) is 11.4 Å². The summed E-state index contributed by atoms with van der Waals surface area (Å²) >= 11 is 0. The van der Waals surface area contributed by atoms with E-state index in [9.17, 15) is 9.59 Å². The first-order valence-electron chi connectivity index (χ1n) is 8.73. The molecule has 0 aliphatic heterocycles. The largest absolute Gasteiger partial charge is 0.497 e. The highest BCUT2D eigenvalue weighted by atomic mass is 16.5. The van der Waals surface area contributed by atoms with Crippen molar-refractivity contribution in [2.75, 3.05) is 13.7 Å². The number of aryl methyl sites for hydroxylation is 2. The van der Waals surface area contributed by atoms with Crippen molar-refractivity contribution >= 4 is 11.8 Å². The minimum absolute atomic E-state index is 0.0412. The van der Waals surface area contributed by atoms with E-state index in [0.717, 1.165) is 11.1 Å². The molecule has 0 aliphatic rings. The number of ketones is 1. The van der Waals surface area contributed by atoms with Gasteiger partial charge in [0.05, 0.1) is 20.1 Å². The first-order valence-corrected chi connectivity index (χ1v) is 8.73. The molecule has 2 aromatic carbocycles. The maximum absolute atomic E-state index is 12.1. The molecule has 0 atom stereocenters. The molecule has 0 saturated carbocycles. The molecule has 0 radical (unpaired) electrons. The summed E-state index contributed by atoms with van der Waals surface area (Å²) in [5, 5.41) is 12.2. The van der Waals surface area contributed by atoms with Crippen LogP contribution in [0.15, 0.2) is 48.5 Å². The number of carbonyl (C=O) groups excluding carboxylic acids is 2. The molecule has 0 aliphatic carbocycles. The maximum Gasteiger partial charge on any atom is 0.308 e. The number of methoxy groups -OCH3 is 1. The van der Waals surface area contributed by atoms with E-state index in [0.29, 0.717) is 17.1 Å². The fourth-order valence-electron chi connectivity index (χ4n) is 2.51. The fraction of sp³-hybridized carbons (Fsp3) is 0.250. The summed E-state index contributed by atoms with van der Waals surface area (Å²) in [5.74, 6) is 0.360. The van der Waals surface area contributed by atoms with Gasteiger partial charge in [-0.25, -0.2) is 0 Å². The van der Waals surface area contributed by atoms with Gasteiger partial charge < -0.3 is 9.47 Å². The van der Waals surface area contributed by atoms with Crippen molar-refractivity contribution in [2.45, 2.75) is 19.9 Å². The molecule has 0 saturated heterocycles. The standard InChI is InChI=1S/C20H20N4O4/c1-14-4-3-5-16(12-14)20-21-23-24(22-20)11-10-19(26)28-13-18(25)15-6-8-17(27-2)9-7-15/h3-9,12H,10-11,13H2,1-2H3. The van der Waals surface area contributed by atoms with Gasteiger partial charge in [-0.1, -0.05) is 23.8 Å². The number of tetrazole rings is 1. The minimum Gasteiger partial charge on any atom is -0.497 e. The number of Topliss-reactive ketones (excluding diaryl/α,β-unsaturated/α-hetero) is 1. The molecule has 3 aromatic rings. The predicted octanol–water partition coefficient (Wildman–Crippen LogP) is 2.47. The van der Waals surface area contributed by atoms with Gasteiger partial charge in [0.2, 0.25) is 5.82 Å². The van der Waals surface area contributed by atoms with Crippen LogP contribution < -0.4 is 4.74 Å². The maximum atomic E-state index is 12.1. The zero-order valence-electron chi connectivity index (χ0n) is 15.7. The number of ether oxygens (including phenoxy) is 2. The number of nitrogens with zero attached hydrogens (tertiary/aromatic N) is 4. The smallest absolute Gasteiger partial charge is 0.308 e. The second-order valence-corrected chi connectivity index (χ2v) is 6.14. The van der Waals surface area contributed by atoms with Gasteiger partial charge in [0.1, 0.15) is 5.75 Å². The van der Waals surface area contributed by atoms with Gasteiger partial charge in [-0.05, 0) is 42.5 Å². The molecule has 1 heterocycles. The molecule has 3 rings (SSSR count). The highest BCUT2D eigenvalue weighted by Gasteiger charge is 2.12. The predicted molar refractivity (Wildman–Crippen MR) is 101 cm³/mol. The molecule has 0 amide bonds. The van der Waals surface area contributed by atoms with E-state index in [4.69, 9.17) is 9.47 Å². The number of benzene rings is 2. The van der Waals surface area contributed by atoms with E-state index in [1.165, 1.54) is 4.80 Å². The van der Waals surface area contributed by atoms with Crippen LogP contribution in [-0.2, 0) is 16.1 Å². The van der Waals surface area contributed by atoms with Crippen LogP contribution in [0.1, 0.15) is 22.3 Å². The van der Waals surface area contributed by atoms with Crippen molar-refractivity contribution in [2.24, 2.45) is 0 Å². The van der Waals surface area contributed by atoms with Gasteiger partial charge in [-0.15, -0.1) is 10.2 Å². The van der Waals surface area contributed by atoms with Crippen LogP contribution in [0.2, 0.25) is 0 Å². The first kappa shape index (κ1) is 19.2. The zero-order valence-corrected chi connectivity index (χ0v) is 15.7. The third-order valence-corrected chi connectivity index (χ3v) is 4.02. The summed E-state index contributed by atoms with van der Waals surface area (Å²) in [7, 11) is 1.55. The van der Waals surface area contributed by atoms with Crippen LogP contribution in [0.3, 0.4) is 0 Å². The Morgan fingerprint density at radius 3 is 2.61 bits per heavy atom. The monoisotopic (exact) mass is 380 g/mol. The van der Waals surface area contributed by atoms with Crippen LogP contribution >= 0.6 is 0 Å². The normalized spacial score (nSPS) is 10.5. The molecule has 0 bridgehead atoms. The molecular weight excluding hydrogens is 360 g/mol. The summed E-state index contributed by atoms with van der Waals surface area (Å²) in [5.41, 5.74) is 2.41. The summed E-state index contributed by atoms with van der Waals surface area (Å²) in [6.07, 6.45) is 0.0412. The van der Waals surface area contributed by atoms with Gasteiger partial charge in [0.15, 0.2) is 12.4 Å². The van der Waals surface area contributed by atoms with Gasteiger partial charge >= 0.3 is 5.97 Å². The number of hydrogen-bond donors (Lipinski definition) is 0. The Kier molecular flexibility index (Phi) is 6.11. The van der Waals surface area contributed by atoms with Crippen molar-refractivity contribution in [3.8, 4) is 17.1 Å². The molecule has 0 fully saturated rings. The Morgan fingerprint density at radius 1 is 1.11 bits per heavy atom. The Hall–Kier alpha value is -3.55. The van der Waals surface area contributed by atoms with E-state index in [2.05, 4.69) is 15.4 Å². The minimum atomic E-state index is -0.503. The topological polar surface area (TPSA) is 96.2 Å². The van der Waals surface area contributed by atoms with Crippen LogP contribution in [-0.4, -0.2) is 45.7 Å². The number of aromatic nitrogens is 4. The number of rotatable bonds is 8. The average molecular weight is 380 g/mol. The van der Waals surface area contributed by atoms with Crippen molar-refractivity contribution in [1.29, 1.82) is 0 Å². The molecular formula is C20H20N4O4. The molecule has 0 unspecified atom stereocenters. The van der Waals surface area contributed by atoms with Crippen LogP contribution in [0.4, 0.5) is 0 Å². The molecule has 8 nitrogen and oxygen atoms in total. The first-order chi connectivity index (χ1) is 13.5. The van der Waals surface area contributed by atoms with E-state index < -0.39 is 5.97 Å². The lowest BCUT2D eigenvalue weighted by Crippen LogP contribution is -2.16. The van der Waals surface area contributed by atoms with Gasteiger partial charge in [0.25, 0.3) is 0 Å².